The average Bonchev–Trinajstić information content (AvgIpc) is 2.96. The number of fused-ring (bicyclic) bond motifs is 1. The van der Waals surface area contributed by atoms with Crippen molar-refractivity contribution in [2.24, 2.45) is 0 Å². The van der Waals surface area contributed by atoms with Gasteiger partial charge in [-0.1, -0.05) is 0 Å². The molecule has 0 aromatic carbocycles. The molecule has 0 fully saturated rings. The van der Waals surface area contributed by atoms with Gasteiger partial charge in [0.15, 0.2) is 11.5 Å². The van der Waals surface area contributed by atoms with Crippen molar-refractivity contribution in [2.75, 3.05) is 23.8 Å². The molecule has 3 rings (SSSR count). The molecule has 0 spiro atoms. The number of esters is 1. The summed E-state index contributed by atoms with van der Waals surface area (Å²) in [6, 6.07) is 0. The van der Waals surface area contributed by atoms with Crippen molar-refractivity contribution in [3.63, 3.8) is 0 Å². The number of nitrogens with zero attached hydrogens (tertiary/aromatic N) is 4. The number of aromatic amines is 1. The molecule has 0 unspecified atom stereocenters. The molecule has 2 aromatic heterocycles. The van der Waals surface area contributed by atoms with Crippen LogP contribution >= 0.6 is 11.8 Å². The molecule has 1 N–H and O–H groups in total. The van der Waals surface area contributed by atoms with Crippen LogP contribution in [0.15, 0.2) is 23.8 Å². The van der Waals surface area contributed by atoms with Gasteiger partial charge in [-0.25, -0.2) is 19.7 Å². The van der Waals surface area contributed by atoms with Crippen LogP contribution in [0.5, 0.6) is 0 Å². The lowest BCUT2D eigenvalue weighted by atomic mass is 10.4. The zero-order chi connectivity index (χ0) is 13.9. The Kier molecular flexibility index (Phi) is 3.55. The molecular formula is C12H13N5O2S. The summed E-state index contributed by atoms with van der Waals surface area (Å²) in [5.74, 6) is 1.22. The average molecular weight is 291 g/mol. The van der Waals surface area contributed by atoms with E-state index in [0.29, 0.717) is 17.2 Å². The Balaban J connectivity index is 1.95. The zero-order valence-electron chi connectivity index (χ0n) is 10.9. The first-order valence-electron chi connectivity index (χ1n) is 6.22. The van der Waals surface area contributed by atoms with E-state index in [1.807, 2.05) is 4.90 Å². The van der Waals surface area contributed by atoms with Crippen LogP contribution in [0.25, 0.3) is 11.2 Å². The van der Waals surface area contributed by atoms with E-state index in [1.165, 1.54) is 18.1 Å². The third kappa shape index (κ3) is 2.34. The van der Waals surface area contributed by atoms with Gasteiger partial charge in [-0.2, -0.15) is 0 Å². The fourth-order valence-electron chi connectivity index (χ4n) is 1.95. The van der Waals surface area contributed by atoms with Crippen LogP contribution in [0.2, 0.25) is 0 Å². The summed E-state index contributed by atoms with van der Waals surface area (Å²) in [6.07, 6.45) is 4.82. The third-order valence-corrected chi connectivity index (χ3v) is 3.78. The van der Waals surface area contributed by atoms with Gasteiger partial charge in [0, 0.05) is 18.5 Å². The van der Waals surface area contributed by atoms with Gasteiger partial charge >= 0.3 is 5.97 Å². The fourth-order valence-corrected chi connectivity index (χ4v) is 2.83. The lowest BCUT2D eigenvalue weighted by Gasteiger charge is -2.24. The van der Waals surface area contributed by atoms with Crippen molar-refractivity contribution >= 4 is 34.7 Å². The third-order valence-electron chi connectivity index (χ3n) is 2.81. The molecule has 0 saturated heterocycles. The Labute approximate surface area is 119 Å². The van der Waals surface area contributed by atoms with Crippen molar-refractivity contribution in [2.45, 2.75) is 6.92 Å². The van der Waals surface area contributed by atoms with Gasteiger partial charge in [0.05, 0.1) is 12.9 Å². The number of hydrogen-bond acceptors (Lipinski definition) is 7. The van der Waals surface area contributed by atoms with E-state index in [9.17, 15) is 4.79 Å². The number of thioether (sulfide) groups is 1. The molecule has 8 heteroatoms. The van der Waals surface area contributed by atoms with E-state index < -0.39 is 0 Å². The van der Waals surface area contributed by atoms with Crippen LogP contribution in [0, 0.1) is 0 Å². The molecule has 3 heterocycles. The molecule has 1 aliphatic heterocycles. The second-order valence-electron chi connectivity index (χ2n) is 4.05. The lowest BCUT2D eigenvalue weighted by molar-refractivity contribution is -0.137. The number of aromatic nitrogens is 4. The van der Waals surface area contributed by atoms with Gasteiger partial charge in [-0.05, 0) is 6.92 Å². The largest absolute Gasteiger partial charge is 0.462 e. The maximum Gasteiger partial charge on any atom is 0.346 e. The summed E-state index contributed by atoms with van der Waals surface area (Å²) >= 11 is 1.49. The smallest absolute Gasteiger partial charge is 0.346 e. The van der Waals surface area contributed by atoms with Crippen molar-refractivity contribution in [1.29, 1.82) is 0 Å². The predicted octanol–water partition coefficient (Wildman–Crippen LogP) is 1.31. The number of H-pyrrole nitrogens is 1. The number of hydrogen-bond donors (Lipinski definition) is 1. The Morgan fingerprint density at radius 2 is 2.40 bits per heavy atom. The number of carbonyl (C=O) groups is 1. The van der Waals surface area contributed by atoms with E-state index in [2.05, 4.69) is 19.9 Å². The number of rotatable bonds is 3. The van der Waals surface area contributed by atoms with E-state index in [1.54, 1.807) is 19.5 Å². The highest BCUT2D eigenvalue weighted by atomic mass is 32.2. The van der Waals surface area contributed by atoms with E-state index in [-0.39, 0.29) is 5.97 Å². The minimum absolute atomic E-state index is 0.294. The first-order chi connectivity index (χ1) is 9.79. The van der Waals surface area contributed by atoms with Crippen LogP contribution in [0.3, 0.4) is 0 Å². The highest BCUT2D eigenvalue weighted by Gasteiger charge is 2.21. The van der Waals surface area contributed by atoms with E-state index >= 15 is 0 Å². The summed E-state index contributed by atoms with van der Waals surface area (Å²) < 4.78 is 5.03. The molecule has 0 radical (unpaired) electrons. The minimum atomic E-state index is -0.294. The lowest BCUT2D eigenvalue weighted by Crippen LogP contribution is -2.26. The molecule has 2 aromatic rings. The molecular weight excluding hydrogens is 278 g/mol. The van der Waals surface area contributed by atoms with Gasteiger partial charge < -0.3 is 14.6 Å². The van der Waals surface area contributed by atoms with Crippen molar-refractivity contribution in [3.05, 3.63) is 23.8 Å². The maximum atomic E-state index is 11.8. The Hall–Kier alpha value is -2.09. The Morgan fingerprint density at radius 3 is 3.25 bits per heavy atom. The highest BCUT2D eigenvalue weighted by molar-refractivity contribution is 8.04. The first-order valence-corrected chi connectivity index (χ1v) is 7.20. The van der Waals surface area contributed by atoms with E-state index in [4.69, 9.17) is 4.74 Å². The molecule has 1 aliphatic rings. The molecule has 0 amide bonds. The summed E-state index contributed by atoms with van der Waals surface area (Å²) in [5, 5.41) is 0. The molecule has 0 bridgehead atoms. The second kappa shape index (κ2) is 5.49. The second-order valence-corrected chi connectivity index (χ2v) is 5.19. The topological polar surface area (TPSA) is 84.0 Å². The van der Waals surface area contributed by atoms with Crippen molar-refractivity contribution < 1.29 is 9.53 Å². The molecule has 0 saturated carbocycles. The minimum Gasteiger partial charge on any atom is -0.462 e. The number of carbonyl (C=O) groups excluding carboxylic acids is 1. The first kappa shape index (κ1) is 12.9. The molecule has 20 heavy (non-hydrogen) atoms. The van der Waals surface area contributed by atoms with Crippen LogP contribution < -0.4 is 4.90 Å². The van der Waals surface area contributed by atoms with Crippen molar-refractivity contribution in [3.8, 4) is 0 Å². The Bertz CT molecular complexity index is 669. The summed E-state index contributed by atoms with van der Waals surface area (Å²) in [4.78, 5) is 29.8. The molecule has 7 nitrogen and oxygen atoms in total. The molecule has 0 atom stereocenters. The summed E-state index contributed by atoms with van der Waals surface area (Å²) in [6.45, 7) is 2.93. The van der Waals surface area contributed by atoms with Gasteiger partial charge in [0.1, 0.15) is 16.7 Å². The summed E-state index contributed by atoms with van der Waals surface area (Å²) in [5.41, 5.74) is 1.37. The fraction of sp³-hybridized carbons (Fsp3) is 0.333. The standard InChI is InChI=1S/C12H13N5O2S/c1-2-19-12(18)8-5-17(3-4-20-8)11-9-10(14-6-13-9)15-7-16-11/h5-7H,2-4H2,1H3,(H,13,14,15,16). The van der Waals surface area contributed by atoms with E-state index in [0.717, 1.165) is 23.6 Å². The molecule has 104 valence electrons. The van der Waals surface area contributed by atoms with Crippen LogP contribution in [-0.4, -0.2) is 44.8 Å². The Morgan fingerprint density at radius 1 is 1.50 bits per heavy atom. The van der Waals surface area contributed by atoms with Crippen LogP contribution in [0.4, 0.5) is 5.82 Å². The van der Waals surface area contributed by atoms with Crippen molar-refractivity contribution in [1.82, 2.24) is 19.9 Å². The van der Waals surface area contributed by atoms with Gasteiger partial charge in [-0.15, -0.1) is 11.8 Å². The zero-order valence-corrected chi connectivity index (χ0v) is 11.7. The van der Waals surface area contributed by atoms with Crippen LogP contribution in [-0.2, 0) is 9.53 Å². The maximum absolute atomic E-state index is 11.8. The quantitative estimate of drug-likeness (QED) is 0.853. The van der Waals surface area contributed by atoms with Gasteiger partial charge in [0.25, 0.3) is 0 Å². The molecule has 0 aliphatic carbocycles. The normalized spacial score (nSPS) is 15.2. The van der Waals surface area contributed by atoms with Gasteiger partial charge in [0.2, 0.25) is 0 Å². The number of ether oxygens (including phenoxy) is 1. The summed E-state index contributed by atoms with van der Waals surface area (Å²) in [7, 11) is 0. The number of anilines is 1. The predicted molar refractivity (Wildman–Crippen MR) is 76.2 cm³/mol. The monoisotopic (exact) mass is 291 g/mol. The highest BCUT2D eigenvalue weighted by Crippen LogP contribution is 2.28. The van der Waals surface area contributed by atoms with Gasteiger partial charge in [-0.3, -0.25) is 0 Å². The number of nitrogens with one attached hydrogen (secondary N) is 1. The number of imidazole rings is 1. The SMILES string of the molecule is CCOC(=O)C1=CN(c2ncnc3nc[nH]c23)CCS1. The van der Waals surface area contributed by atoms with Crippen LogP contribution in [0.1, 0.15) is 6.92 Å².